The van der Waals surface area contributed by atoms with Crippen LogP contribution in [0.1, 0.15) is 78.2 Å². The van der Waals surface area contributed by atoms with Gasteiger partial charge in [-0.3, -0.25) is 15.1 Å². The standard InChI is InChI=1S/C32H35FN6O/c1-5-19-12-25-26(27(14-19)32(2,3)33)18-39(31(25)40)29-16-22(15-28(38-29)37-11-10-20-6-7-20)24-13-21(17-34)8-9-23(24)30(35)36-4/h8-9,12-16,20H,5-7,10-11,18H2,1-4H3,(H2,35,36)(H,37,38). The van der Waals surface area contributed by atoms with Crippen LogP contribution in [-0.4, -0.2) is 30.3 Å². The van der Waals surface area contributed by atoms with E-state index in [1.807, 2.05) is 31.2 Å². The molecule has 3 N–H and O–H groups in total. The van der Waals surface area contributed by atoms with Crippen molar-refractivity contribution in [3.63, 3.8) is 0 Å². The molecule has 1 saturated carbocycles. The van der Waals surface area contributed by atoms with E-state index in [-0.39, 0.29) is 18.3 Å². The molecular formula is C32H35FN6O. The molecule has 2 aliphatic rings. The zero-order valence-electron chi connectivity index (χ0n) is 23.5. The normalized spacial score (nSPS) is 14.6. The summed E-state index contributed by atoms with van der Waals surface area (Å²) in [5.74, 6) is 1.81. The first kappa shape index (κ1) is 27.3. The lowest BCUT2D eigenvalue weighted by atomic mass is 9.90. The molecule has 0 radical (unpaired) electrons. The van der Waals surface area contributed by atoms with E-state index in [2.05, 4.69) is 16.7 Å². The average Bonchev–Trinajstić information content (AvgIpc) is 3.72. The fourth-order valence-corrected chi connectivity index (χ4v) is 5.30. The van der Waals surface area contributed by atoms with Crippen molar-refractivity contribution in [1.82, 2.24) is 10.3 Å². The molecule has 1 aliphatic heterocycles. The largest absolute Gasteiger partial charge is 0.373 e. The van der Waals surface area contributed by atoms with Crippen molar-refractivity contribution < 1.29 is 9.18 Å². The van der Waals surface area contributed by atoms with Gasteiger partial charge >= 0.3 is 0 Å². The van der Waals surface area contributed by atoms with Crippen molar-refractivity contribution in [1.29, 1.82) is 10.7 Å². The van der Waals surface area contributed by atoms with Gasteiger partial charge in [0, 0.05) is 24.7 Å². The van der Waals surface area contributed by atoms with Gasteiger partial charge in [0.2, 0.25) is 0 Å². The molecule has 0 unspecified atom stereocenters. The summed E-state index contributed by atoms with van der Waals surface area (Å²) < 4.78 is 15.3. The molecule has 1 amide bonds. The first-order valence-corrected chi connectivity index (χ1v) is 13.9. The van der Waals surface area contributed by atoms with E-state index >= 15 is 4.39 Å². The minimum atomic E-state index is -1.60. The summed E-state index contributed by atoms with van der Waals surface area (Å²) in [5, 5.41) is 24.4. The number of aryl methyl sites for hydroxylation is 1. The first-order chi connectivity index (χ1) is 19.1. The topological polar surface area (TPSA) is 105 Å². The highest BCUT2D eigenvalue weighted by Gasteiger charge is 2.36. The van der Waals surface area contributed by atoms with Crippen molar-refractivity contribution >= 4 is 23.4 Å². The molecule has 1 aliphatic carbocycles. The Kier molecular flexibility index (Phi) is 7.33. The zero-order valence-corrected chi connectivity index (χ0v) is 23.5. The minimum Gasteiger partial charge on any atom is -0.373 e. The van der Waals surface area contributed by atoms with Gasteiger partial charge in [-0.2, -0.15) is 5.26 Å². The summed E-state index contributed by atoms with van der Waals surface area (Å²) in [6.45, 7) is 6.02. The Labute approximate surface area is 234 Å². The van der Waals surface area contributed by atoms with Gasteiger partial charge in [0.05, 0.1) is 18.2 Å². The Balaban J connectivity index is 1.61. The molecule has 3 aromatic rings. The van der Waals surface area contributed by atoms with Gasteiger partial charge in [-0.05, 0) is 96.8 Å². The van der Waals surface area contributed by atoms with Crippen LogP contribution in [-0.2, 0) is 18.6 Å². The van der Waals surface area contributed by atoms with Crippen LogP contribution in [0.4, 0.5) is 16.0 Å². The second kappa shape index (κ2) is 10.7. The van der Waals surface area contributed by atoms with E-state index < -0.39 is 5.67 Å². The number of anilines is 2. The summed E-state index contributed by atoms with van der Waals surface area (Å²) in [6.07, 6.45) is 4.25. The molecule has 206 valence electrons. The van der Waals surface area contributed by atoms with Crippen LogP contribution in [0, 0.1) is 22.7 Å². The number of carbonyl (C=O) groups is 1. The zero-order chi connectivity index (χ0) is 28.6. The third-order valence-corrected chi connectivity index (χ3v) is 7.77. The number of alkyl halides is 1. The van der Waals surface area contributed by atoms with Crippen LogP contribution in [0.25, 0.3) is 11.1 Å². The lowest BCUT2D eigenvalue weighted by Crippen LogP contribution is -2.25. The van der Waals surface area contributed by atoms with Gasteiger partial charge in [-0.15, -0.1) is 0 Å². The maximum Gasteiger partial charge on any atom is 0.260 e. The third-order valence-electron chi connectivity index (χ3n) is 7.77. The van der Waals surface area contributed by atoms with Gasteiger partial charge in [-0.25, -0.2) is 9.37 Å². The number of amidine groups is 1. The van der Waals surface area contributed by atoms with E-state index in [0.29, 0.717) is 51.4 Å². The monoisotopic (exact) mass is 538 g/mol. The number of rotatable bonds is 9. The smallest absolute Gasteiger partial charge is 0.260 e. The Hall–Kier alpha value is -4.25. The fourth-order valence-electron chi connectivity index (χ4n) is 5.30. The number of benzene rings is 2. The molecule has 0 bridgehead atoms. The summed E-state index contributed by atoms with van der Waals surface area (Å²) in [4.78, 5) is 20.2. The van der Waals surface area contributed by atoms with E-state index in [4.69, 9.17) is 10.4 Å². The molecule has 0 saturated heterocycles. The molecule has 0 atom stereocenters. The molecule has 1 aromatic heterocycles. The first-order valence-electron chi connectivity index (χ1n) is 13.9. The number of pyridine rings is 1. The molecule has 2 aromatic carbocycles. The van der Waals surface area contributed by atoms with E-state index in [9.17, 15) is 10.1 Å². The highest BCUT2D eigenvalue weighted by Crippen LogP contribution is 2.39. The Bertz CT molecular complexity index is 1530. The molecule has 2 heterocycles. The number of nitrogens with zero attached hydrogens (tertiary/aromatic N) is 3. The van der Waals surface area contributed by atoms with Crippen LogP contribution >= 0.6 is 0 Å². The van der Waals surface area contributed by atoms with Crippen molar-refractivity contribution in [2.45, 2.75) is 58.7 Å². The van der Waals surface area contributed by atoms with E-state index in [0.717, 1.165) is 30.0 Å². The number of nitrogens with one attached hydrogen (secondary N) is 3. The van der Waals surface area contributed by atoms with Crippen LogP contribution in [0.15, 0.2) is 42.5 Å². The number of nitriles is 1. The Morgan fingerprint density at radius 1 is 1.20 bits per heavy atom. The summed E-state index contributed by atoms with van der Waals surface area (Å²) in [6, 6.07) is 14.8. The van der Waals surface area contributed by atoms with Crippen LogP contribution in [0.5, 0.6) is 0 Å². The van der Waals surface area contributed by atoms with Gasteiger partial charge in [0.1, 0.15) is 23.1 Å². The molecule has 0 spiro atoms. The van der Waals surface area contributed by atoms with Crippen molar-refractivity contribution in [3.8, 4) is 17.2 Å². The Morgan fingerprint density at radius 2 is 1.98 bits per heavy atom. The third kappa shape index (κ3) is 5.42. The van der Waals surface area contributed by atoms with Gasteiger partial charge in [-0.1, -0.05) is 25.8 Å². The van der Waals surface area contributed by atoms with Crippen LogP contribution in [0.3, 0.4) is 0 Å². The molecule has 7 nitrogen and oxygen atoms in total. The maximum absolute atomic E-state index is 15.3. The van der Waals surface area contributed by atoms with Gasteiger partial charge in [0.15, 0.2) is 0 Å². The fraction of sp³-hybridized carbons (Fsp3) is 0.375. The van der Waals surface area contributed by atoms with Crippen LogP contribution in [0.2, 0.25) is 0 Å². The summed E-state index contributed by atoms with van der Waals surface area (Å²) in [5.41, 5.74) is 3.57. The maximum atomic E-state index is 15.3. The van der Waals surface area contributed by atoms with E-state index in [1.54, 1.807) is 30.1 Å². The highest BCUT2D eigenvalue weighted by atomic mass is 19.1. The number of fused-ring (bicyclic) bond motifs is 1. The predicted octanol–water partition coefficient (Wildman–Crippen LogP) is 6.30. The van der Waals surface area contributed by atoms with Gasteiger partial charge < -0.3 is 10.6 Å². The van der Waals surface area contributed by atoms with E-state index in [1.165, 1.54) is 26.7 Å². The lowest BCUT2D eigenvalue weighted by Gasteiger charge is -2.21. The quantitative estimate of drug-likeness (QED) is 0.219. The summed E-state index contributed by atoms with van der Waals surface area (Å²) >= 11 is 0. The second-order valence-electron chi connectivity index (χ2n) is 11.1. The SMILES string of the molecule is CCc1cc2c(c(C(C)(C)F)c1)CN(c1cc(-c3cc(C#N)ccc3C(=N)NC)cc(NCCC3CC3)n1)C2=O. The number of halogens is 1. The number of carbonyl (C=O) groups excluding carboxylic acids is 1. The number of hydrogen-bond donors (Lipinski definition) is 3. The van der Waals surface area contributed by atoms with Crippen molar-refractivity contribution in [3.05, 3.63) is 75.8 Å². The molecule has 8 heteroatoms. The van der Waals surface area contributed by atoms with Gasteiger partial charge in [0.25, 0.3) is 5.91 Å². The average molecular weight is 539 g/mol. The lowest BCUT2D eigenvalue weighted by molar-refractivity contribution is 0.0996. The molecular weight excluding hydrogens is 503 g/mol. The molecule has 40 heavy (non-hydrogen) atoms. The predicted molar refractivity (Wildman–Crippen MR) is 157 cm³/mol. The minimum absolute atomic E-state index is 0.210. The molecule has 5 rings (SSSR count). The van der Waals surface area contributed by atoms with Crippen molar-refractivity contribution in [2.75, 3.05) is 23.8 Å². The van der Waals surface area contributed by atoms with Crippen LogP contribution < -0.4 is 15.5 Å². The number of amides is 1. The summed E-state index contributed by atoms with van der Waals surface area (Å²) in [7, 11) is 1.68. The number of aromatic nitrogens is 1. The molecule has 1 fully saturated rings. The highest BCUT2D eigenvalue weighted by molar-refractivity contribution is 6.10. The number of hydrogen-bond acceptors (Lipinski definition) is 5. The van der Waals surface area contributed by atoms with Crippen molar-refractivity contribution in [2.24, 2.45) is 5.92 Å². The second-order valence-corrected chi connectivity index (χ2v) is 11.1. The Morgan fingerprint density at radius 3 is 2.62 bits per heavy atom.